The largest absolute Gasteiger partial charge is 0.497 e. The topological polar surface area (TPSA) is 61.8 Å². The molecule has 1 rings (SSSR count). The van der Waals surface area contributed by atoms with Crippen LogP contribution in [0.25, 0.3) is 0 Å². The summed E-state index contributed by atoms with van der Waals surface area (Å²) in [4.78, 5) is 22.9. The van der Waals surface area contributed by atoms with Crippen LogP contribution in [0.4, 0.5) is 0 Å². The summed E-state index contributed by atoms with van der Waals surface area (Å²) in [6.07, 6.45) is 3.99. The van der Waals surface area contributed by atoms with Crippen LogP contribution in [0.2, 0.25) is 0 Å². The van der Waals surface area contributed by atoms with Gasteiger partial charge in [0.1, 0.15) is 12.4 Å². The van der Waals surface area contributed by atoms with Crippen LogP contribution in [0.15, 0.2) is 36.4 Å². The molecule has 5 nitrogen and oxygen atoms in total. The van der Waals surface area contributed by atoms with E-state index in [1.54, 1.807) is 31.4 Å². The number of ether oxygens (including phenoxy) is 3. The normalized spacial score (nSPS) is 10.8. The van der Waals surface area contributed by atoms with Gasteiger partial charge in [0.05, 0.1) is 13.7 Å². The van der Waals surface area contributed by atoms with Gasteiger partial charge < -0.3 is 14.2 Å². The highest BCUT2D eigenvalue weighted by Crippen LogP contribution is 2.12. The Morgan fingerprint density at radius 3 is 2.22 bits per heavy atom. The maximum Gasteiger partial charge on any atom is 0.331 e. The molecule has 0 fully saturated rings. The zero-order valence-corrected chi connectivity index (χ0v) is 13.9. The number of hydrogen-bond acceptors (Lipinski definition) is 5. The van der Waals surface area contributed by atoms with Gasteiger partial charge in [0.25, 0.3) is 0 Å². The van der Waals surface area contributed by atoms with Crippen molar-refractivity contribution in [2.24, 2.45) is 5.92 Å². The minimum absolute atomic E-state index is 0.136. The van der Waals surface area contributed by atoms with E-state index in [1.807, 2.05) is 0 Å². The lowest BCUT2D eigenvalue weighted by atomic mass is 10.1. The second kappa shape index (κ2) is 10.4. The third kappa shape index (κ3) is 8.66. The van der Waals surface area contributed by atoms with Gasteiger partial charge in [-0.25, -0.2) is 9.59 Å². The Morgan fingerprint density at radius 1 is 1.04 bits per heavy atom. The number of hydrogen-bond donors (Lipinski definition) is 0. The van der Waals surface area contributed by atoms with Crippen LogP contribution in [-0.2, 0) is 25.7 Å². The third-order valence-electron chi connectivity index (χ3n) is 3.07. The van der Waals surface area contributed by atoms with Crippen LogP contribution < -0.4 is 4.74 Å². The maximum absolute atomic E-state index is 11.5. The number of methoxy groups -OCH3 is 1. The molecule has 1 aromatic rings. The quantitative estimate of drug-likeness (QED) is 0.397. The number of esters is 2. The molecule has 0 saturated carbocycles. The van der Waals surface area contributed by atoms with Crippen molar-refractivity contribution in [1.82, 2.24) is 0 Å². The summed E-state index contributed by atoms with van der Waals surface area (Å²) in [5, 5.41) is 0. The first-order valence-electron chi connectivity index (χ1n) is 7.65. The first kappa shape index (κ1) is 18.7. The van der Waals surface area contributed by atoms with E-state index in [2.05, 4.69) is 13.8 Å². The van der Waals surface area contributed by atoms with Gasteiger partial charge in [-0.3, -0.25) is 0 Å². The maximum atomic E-state index is 11.5. The second-order valence-electron chi connectivity index (χ2n) is 5.49. The molecule has 5 heteroatoms. The molecule has 0 spiro atoms. The van der Waals surface area contributed by atoms with E-state index in [0.717, 1.165) is 36.3 Å². The van der Waals surface area contributed by atoms with Crippen LogP contribution in [0.3, 0.4) is 0 Å². The molecular weight excluding hydrogens is 296 g/mol. The highest BCUT2D eigenvalue weighted by atomic mass is 16.5. The average Bonchev–Trinajstić information content (AvgIpc) is 2.55. The summed E-state index contributed by atoms with van der Waals surface area (Å²) in [6, 6.07) is 7.18. The van der Waals surface area contributed by atoms with Crippen LogP contribution >= 0.6 is 0 Å². The Bertz CT molecular complexity index is 517. The second-order valence-corrected chi connectivity index (χ2v) is 5.49. The first-order valence-corrected chi connectivity index (χ1v) is 7.65. The van der Waals surface area contributed by atoms with E-state index in [4.69, 9.17) is 14.2 Å². The summed E-state index contributed by atoms with van der Waals surface area (Å²) >= 11 is 0. The zero-order chi connectivity index (χ0) is 17.1. The SMILES string of the molecule is COc1ccc(COC(=O)/C=C/C(=O)OCCCC(C)C)cc1. The standard InChI is InChI=1S/C18H24O5/c1-14(2)5-4-12-22-17(19)10-11-18(20)23-13-15-6-8-16(21-3)9-7-15/h6-11,14H,4-5,12-13H2,1-3H3/b11-10+. The van der Waals surface area contributed by atoms with Crippen molar-refractivity contribution in [3.05, 3.63) is 42.0 Å². The van der Waals surface area contributed by atoms with Gasteiger partial charge in [0.2, 0.25) is 0 Å². The Labute approximate surface area is 137 Å². The van der Waals surface area contributed by atoms with Gasteiger partial charge in [0, 0.05) is 12.2 Å². The third-order valence-corrected chi connectivity index (χ3v) is 3.07. The molecule has 126 valence electrons. The first-order chi connectivity index (χ1) is 11.0. The van der Waals surface area contributed by atoms with E-state index < -0.39 is 11.9 Å². The Morgan fingerprint density at radius 2 is 1.65 bits per heavy atom. The lowest BCUT2D eigenvalue weighted by Crippen LogP contribution is -2.06. The minimum atomic E-state index is -0.583. The van der Waals surface area contributed by atoms with Crippen molar-refractivity contribution in [3.63, 3.8) is 0 Å². The lowest BCUT2D eigenvalue weighted by Gasteiger charge is -2.05. The van der Waals surface area contributed by atoms with Gasteiger partial charge in [-0.1, -0.05) is 26.0 Å². The fourth-order valence-electron chi connectivity index (χ4n) is 1.77. The van der Waals surface area contributed by atoms with Crippen LogP contribution in [0, 0.1) is 5.92 Å². The molecule has 0 heterocycles. The summed E-state index contributed by atoms with van der Waals surface area (Å²) in [7, 11) is 1.59. The van der Waals surface area contributed by atoms with Gasteiger partial charge in [-0.15, -0.1) is 0 Å². The number of carbonyl (C=O) groups excluding carboxylic acids is 2. The van der Waals surface area contributed by atoms with Crippen molar-refractivity contribution in [2.75, 3.05) is 13.7 Å². The fourth-order valence-corrected chi connectivity index (χ4v) is 1.77. The average molecular weight is 320 g/mol. The molecule has 0 aliphatic rings. The molecule has 0 radical (unpaired) electrons. The van der Waals surface area contributed by atoms with Crippen LogP contribution in [0.5, 0.6) is 5.75 Å². The molecule has 0 aliphatic carbocycles. The van der Waals surface area contributed by atoms with Crippen molar-refractivity contribution < 1.29 is 23.8 Å². The van der Waals surface area contributed by atoms with Gasteiger partial charge >= 0.3 is 11.9 Å². The number of benzene rings is 1. The number of rotatable bonds is 9. The fraction of sp³-hybridized carbons (Fsp3) is 0.444. The van der Waals surface area contributed by atoms with Crippen molar-refractivity contribution in [2.45, 2.75) is 33.3 Å². The molecule has 0 saturated heterocycles. The molecule has 0 N–H and O–H groups in total. The van der Waals surface area contributed by atoms with Gasteiger partial charge in [-0.05, 0) is 36.5 Å². The monoisotopic (exact) mass is 320 g/mol. The molecule has 0 atom stereocenters. The van der Waals surface area contributed by atoms with E-state index in [1.165, 1.54) is 0 Å². The van der Waals surface area contributed by atoms with Crippen LogP contribution in [-0.4, -0.2) is 25.7 Å². The van der Waals surface area contributed by atoms with Crippen molar-refractivity contribution in [1.29, 1.82) is 0 Å². The Kier molecular flexibility index (Phi) is 8.50. The van der Waals surface area contributed by atoms with E-state index in [-0.39, 0.29) is 6.61 Å². The van der Waals surface area contributed by atoms with Crippen LogP contribution in [0.1, 0.15) is 32.3 Å². The minimum Gasteiger partial charge on any atom is -0.497 e. The summed E-state index contributed by atoms with van der Waals surface area (Å²) in [6.45, 7) is 4.72. The van der Waals surface area contributed by atoms with E-state index in [0.29, 0.717) is 12.5 Å². The molecule has 0 bridgehead atoms. The summed E-state index contributed by atoms with van der Waals surface area (Å²) in [5.41, 5.74) is 0.837. The molecule has 0 amide bonds. The zero-order valence-electron chi connectivity index (χ0n) is 13.9. The summed E-state index contributed by atoms with van der Waals surface area (Å²) < 4.78 is 15.1. The highest BCUT2D eigenvalue weighted by Gasteiger charge is 2.03. The highest BCUT2D eigenvalue weighted by molar-refractivity contribution is 5.91. The predicted molar refractivity (Wildman–Crippen MR) is 87.0 cm³/mol. The molecule has 0 aliphatic heterocycles. The van der Waals surface area contributed by atoms with E-state index >= 15 is 0 Å². The smallest absolute Gasteiger partial charge is 0.331 e. The molecule has 0 unspecified atom stereocenters. The Hall–Kier alpha value is -2.30. The number of carbonyl (C=O) groups is 2. The van der Waals surface area contributed by atoms with E-state index in [9.17, 15) is 9.59 Å². The lowest BCUT2D eigenvalue weighted by molar-refractivity contribution is -0.141. The molecule has 23 heavy (non-hydrogen) atoms. The molecule has 1 aromatic carbocycles. The Balaban J connectivity index is 2.25. The molecular formula is C18H24O5. The van der Waals surface area contributed by atoms with Crippen molar-refractivity contribution >= 4 is 11.9 Å². The predicted octanol–water partition coefficient (Wildman–Crippen LogP) is 3.27. The van der Waals surface area contributed by atoms with Crippen molar-refractivity contribution in [3.8, 4) is 5.75 Å². The van der Waals surface area contributed by atoms with Gasteiger partial charge in [0.15, 0.2) is 0 Å². The van der Waals surface area contributed by atoms with Gasteiger partial charge in [-0.2, -0.15) is 0 Å². The summed E-state index contributed by atoms with van der Waals surface area (Å²) in [5.74, 6) is 0.201. The molecule has 0 aromatic heterocycles.